The topological polar surface area (TPSA) is 0 Å². The molecule has 0 fully saturated rings. The Kier molecular flexibility index (Phi) is 5.36. The molecule has 3 unspecified atom stereocenters. The van der Waals surface area contributed by atoms with Crippen LogP contribution in [0.15, 0.2) is 12.2 Å². The summed E-state index contributed by atoms with van der Waals surface area (Å²) in [5, 5.41) is 0. The maximum absolute atomic E-state index is 3.98. The summed E-state index contributed by atoms with van der Waals surface area (Å²) in [6, 6.07) is 0. The molecule has 0 N–H and O–H groups in total. The third kappa shape index (κ3) is 4.50. The first kappa shape index (κ1) is 12.7. The van der Waals surface area contributed by atoms with Crippen LogP contribution in [0.3, 0.4) is 0 Å². The smallest absolute Gasteiger partial charge is 0.0297 e. The van der Waals surface area contributed by atoms with Gasteiger partial charge in [-0.05, 0) is 37.0 Å². The maximum Gasteiger partial charge on any atom is -0.0297 e. The summed E-state index contributed by atoms with van der Waals surface area (Å²) in [6.07, 6.45) is 1.18. The molecular weight excluding hydrogens is 156 g/mol. The molecule has 0 nitrogen and oxygen atoms in total. The molecule has 13 heavy (non-hydrogen) atoms. The molecule has 78 valence electrons. The molecule has 0 bridgehead atoms. The zero-order valence-corrected chi connectivity index (χ0v) is 10.2. The standard InChI is InChI=1S/C13H26/c1-9(2)8-11(5)13(7)12(6)10(3)4/h10-13H,1,8H2,2-7H3. The average Bonchev–Trinajstić information content (AvgIpc) is 2.00. The third-order valence-electron chi connectivity index (χ3n) is 3.45. The summed E-state index contributed by atoms with van der Waals surface area (Å²) in [6.45, 7) is 17.8. The Morgan fingerprint density at radius 3 is 1.77 bits per heavy atom. The minimum atomic E-state index is 0.773. The lowest BCUT2D eigenvalue weighted by molar-refractivity contribution is 0.222. The van der Waals surface area contributed by atoms with Crippen LogP contribution in [0.2, 0.25) is 0 Å². The van der Waals surface area contributed by atoms with Crippen LogP contribution < -0.4 is 0 Å². The fourth-order valence-corrected chi connectivity index (χ4v) is 1.86. The van der Waals surface area contributed by atoms with E-state index in [9.17, 15) is 0 Å². The summed E-state index contributed by atoms with van der Waals surface area (Å²) in [5.74, 6) is 3.18. The van der Waals surface area contributed by atoms with Gasteiger partial charge < -0.3 is 0 Å². The van der Waals surface area contributed by atoms with E-state index in [4.69, 9.17) is 0 Å². The zero-order chi connectivity index (χ0) is 10.6. The fourth-order valence-electron chi connectivity index (χ4n) is 1.86. The van der Waals surface area contributed by atoms with Gasteiger partial charge in [-0.3, -0.25) is 0 Å². The van der Waals surface area contributed by atoms with E-state index >= 15 is 0 Å². The molecule has 0 aliphatic heterocycles. The van der Waals surface area contributed by atoms with E-state index in [1.165, 1.54) is 12.0 Å². The van der Waals surface area contributed by atoms with Crippen molar-refractivity contribution in [3.05, 3.63) is 12.2 Å². The molecule has 0 amide bonds. The van der Waals surface area contributed by atoms with Crippen molar-refractivity contribution in [3.63, 3.8) is 0 Å². The molecule has 0 rings (SSSR count). The third-order valence-corrected chi connectivity index (χ3v) is 3.45. The van der Waals surface area contributed by atoms with Crippen molar-refractivity contribution in [1.82, 2.24) is 0 Å². The molecule has 0 spiro atoms. The van der Waals surface area contributed by atoms with E-state index < -0.39 is 0 Å². The van der Waals surface area contributed by atoms with Gasteiger partial charge in [-0.2, -0.15) is 0 Å². The monoisotopic (exact) mass is 182 g/mol. The number of allylic oxidation sites excluding steroid dienone is 1. The lowest BCUT2D eigenvalue weighted by Crippen LogP contribution is -2.21. The normalized spacial score (nSPS) is 18.4. The number of hydrogen-bond acceptors (Lipinski definition) is 0. The molecule has 0 heterocycles. The molecule has 0 radical (unpaired) electrons. The van der Waals surface area contributed by atoms with Crippen molar-refractivity contribution in [2.45, 2.75) is 48.0 Å². The van der Waals surface area contributed by atoms with E-state index in [-0.39, 0.29) is 0 Å². The van der Waals surface area contributed by atoms with E-state index in [0.29, 0.717) is 0 Å². The molecule has 0 saturated heterocycles. The van der Waals surface area contributed by atoms with Crippen LogP contribution in [-0.2, 0) is 0 Å². The second-order valence-electron chi connectivity index (χ2n) is 5.10. The fraction of sp³-hybridized carbons (Fsp3) is 0.846. The highest BCUT2D eigenvalue weighted by molar-refractivity contribution is 4.91. The van der Waals surface area contributed by atoms with Crippen molar-refractivity contribution < 1.29 is 0 Å². The van der Waals surface area contributed by atoms with Gasteiger partial charge in [0.25, 0.3) is 0 Å². The summed E-state index contributed by atoms with van der Waals surface area (Å²) < 4.78 is 0. The number of rotatable bonds is 5. The predicted molar refractivity (Wildman–Crippen MR) is 61.8 cm³/mol. The van der Waals surface area contributed by atoms with Crippen molar-refractivity contribution >= 4 is 0 Å². The Morgan fingerprint density at radius 2 is 1.46 bits per heavy atom. The van der Waals surface area contributed by atoms with Crippen LogP contribution in [0.5, 0.6) is 0 Å². The number of hydrogen-bond donors (Lipinski definition) is 0. The Labute approximate surface area is 84.4 Å². The van der Waals surface area contributed by atoms with Gasteiger partial charge in [-0.15, -0.1) is 6.58 Å². The second-order valence-corrected chi connectivity index (χ2v) is 5.10. The summed E-state index contributed by atoms with van der Waals surface area (Å²) >= 11 is 0. The average molecular weight is 182 g/mol. The zero-order valence-electron chi connectivity index (χ0n) is 10.2. The summed E-state index contributed by atoms with van der Waals surface area (Å²) in [7, 11) is 0. The van der Waals surface area contributed by atoms with Gasteiger partial charge in [-0.1, -0.05) is 40.2 Å². The highest BCUT2D eigenvalue weighted by Crippen LogP contribution is 2.29. The predicted octanol–water partition coefficient (Wildman–Crippen LogP) is 4.52. The lowest BCUT2D eigenvalue weighted by Gasteiger charge is -2.29. The van der Waals surface area contributed by atoms with E-state index in [0.717, 1.165) is 23.7 Å². The molecular formula is C13H26. The van der Waals surface area contributed by atoms with Gasteiger partial charge in [0, 0.05) is 0 Å². The molecule has 0 aliphatic carbocycles. The van der Waals surface area contributed by atoms with Crippen molar-refractivity contribution in [1.29, 1.82) is 0 Å². The van der Waals surface area contributed by atoms with Gasteiger partial charge in [0.15, 0.2) is 0 Å². The van der Waals surface area contributed by atoms with Gasteiger partial charge in [-0.25, -0.2) is 0 Å². The van der Waals surface area contributed by atoms with Crippen molar-refractivity contribution in [2.75, 3.05) is 0 Å². The molecule has 0 aromatic carbocycles. The summed E-state index contributed by atoms with van der Waals surface area (Å²) in [4.78, 5) is 0. The van der Waals surface area contributed by atoms with Crippen LogP contribution in [0.4, 0.5) is 0 Å². The summed E-state index contributed by atoms with van der Waals surface area (Å²) in [5.41, 5.74) is 1.32. The first-order valence-electron chi connectivity index (χ1n) is 5.50. The molecule has 0 aromatic rings. The molecule has 0 heteroatoms. The lowest BCUT2D eigenvalue weighted by atomic mass is 9.77. The van der Waals surface area contributed by atoms with Crippen molar-refractivity contribution in [3.8, 4) is 0 Å². The van der Waals surface area contributed by atoms with E-state index in [1.54, 1.807) is 0 Å². The van der Waals surface area contributed by atoms with Crippen LogP contribution in [-0.4, -0.2) is 0 Å². The van der Waals surface area contributed by atoms with Gasteiger partial charge in [0.1, 0.15) is 0 Å². The van der Waals surface area contributed by atoms with E-state index in [1.807, 2.05) is 0 Å². The van der Waals surface area contributed by atoms with Gasteiger partial charge in [0.2, 0.25) is 0 Å². The Bertz CT molecular complexity index is 155. The minimum Gasteiger partial charge on any atom is -0.100 e. The van der Waals surface area contributed by atoms with Crippen molar-refractivity contribution in [2.24, 2.45) is 23.7 Å². The minimum absolute atomic E-state index is 0.773. The van der Waals surface area contributed by atoms with Gasteiger partial charge >= 0.3 is 0 Å². The quantitative estimate of drug-likeness (QED) is 0.548. The Hall–Kier alpha value is -0.260. The highest BCUT2D eigenvalue weighted by atomic mass is 14.3. The first-order chi connectivity index (χ1) is 5.86. The molecule has 0 aromatic heterocycles. The van der Waals surface area contributed by atoms with Crippen LogP contribution >= 0.6 is 0 Å². The van der Waals surface area contributed by atoms with Gasteiger partial charge in [0.05, 0.1) is 0 Å². The van der Waals surface area contributed by atoms with Crippen LogP contribution in [0, 0.1) is 23.7 Å². The SMILES string of the molecule is C=C(C)CC(C)C(C)C(C)C(C)C. The van der Waals surface area contributed by atoms with E-state index in [2.05, 4.69) is 48.1 Å². The second kappa shape index (κ2) is 5.47. The van der Waals surface area contributed by atoms with Crippen LogP contribution in [0.25, 0.3) is 0 Å². The Balaban J connectivity index is 4.08. The molecule has 0 saturated carbocycles. The first-order valence-corrected chi connectivity index (χ1v) is 5.50. The largest absolute Gasteiger partial charge is 0.100 e. The Morgan fingerprint density at radius 1 is 1.00 bits per heavy atom. The maximum atomic E-state index is 3.98. The molecule has 0 aliphatic rings. The highest BCUT2D eigenvalue weighted by Gasteiger charge is 2.21. The molecule has 3 atom stereocenters. The van der Waals surface area contributed by atoms with Crippen LogP contribution in [0.1, 0.15) is 48.0 Å².